The van der Waals surface area contributed by atoms with E-state index in [1.165, 1.54) is 16.8 Å². The SMILES string of the molecule is Nc1c(NC(=O)NCc2ccccn2)c(-c2ccccc2)nn1-c1ccc(C(F)(F)F)cc1. The number of halogens is 3. The number of hydrogen-bond acceptors (Lipinski definition) is 4. The van der Waals surface area contributed by atoms with Gasteiger partial charge in [0.15, 0.2) is 5.82 Å². The molecule has 2 aromatic heterocycles. The third-order valence-corrected chi connectivity index (χ3v) is 4.80. The van der Waals surface area contributed by atoms with E-state index in [9.17, 15) is 18.0 Å². The highest BCUT2D eigenvalue weighted by molar-refractivity contribution is 5.97. The largest absolute Gasteiger partial charge is 0.416 e. The van der Waals surface area contributed by atoms with Crippen molar-refractivity contribution in [3.05, 3.63) is 90.3 Å². The van der Waals surface area contributed by atoms with E-state index in [1.54, 1.807) is 42.6 Å². The van der Waals surface area contributed by atoms with Crippen molar-refractivity contribution >= 4 is 17.5 Å². The maximum absolute atomic E-state index is 12.9. The Balaban J connectivity index is 1.65. The van der Waals surface area contributed by atoms with Crippen molar-refractivity contribution in [2.45, 2.75) is 12.7 Å². The van der Waals surface area contributed by atoms with E-state index in [-0.39, 0.29) is 18.1 Å². The molecule has 0 saturated heterocycles. The molecule has 4 aromatic rings. The van der Waals surface area contributed by atoms with Gasteiger partial charge in [0.2, 0.25) is 0 Å². The smallest absolute Gasteiger partial charge is 0.382 e. The first-order chi connectivity index (χ1) is 15.8. The van der Waals surface area contributed by atoms with Gasteiger partial charge in [-0.25, -0.2) is 9.48 Å². The molecule has 33 heavy (non-hydrogen) atoms. The van der Waals surface area contributed by atoms with Crippen molar-refractivity contribution in [3.8, 4) is 16.9 Å². The molecule has 0 atom stereocenters. The summed E-state index contributed by atoms with van der Waals surface area (Å²) in [7, 11) is 0. The van der Waals surface area contributed by atoms with E-state index in [0.29, 0.717) is 22.6 Å². The van der Waals surface area contributed by atoms with Gasteiger partial charge in [0.1, 0.15) is 11.4 Å². The van der Waals surface area contributed by atoms with Gasteiger partial charge in [-0.15, -0.1) is 0 Å². The van der Waals surface area contributed by atoms with Crippen LogP contribution in [0.25, 0.3) is 16.9 Å². The van der Waals surface area contributed by atoms with Gasteiger partial charge in [0, 0.05) is 11.8 Å². The number of alkyl halides is 3. The Kier molecular flexibility index (Phi) is 5.99. The summed E-state index contributed by atoms with van der Waals surface area (Å²) < 4.78 is 40.1. The van der Waals surface area contributed by atoms with Crippen LogP contribution >= 0.6 is 0 Å². The number of benzene rings is 2. The number of carbonyl (C=O) groups excluding carboxylic acids is 1. The van der Waals surface area contributed by atoms with E-state index in [1.807, 2.05) is 12.1 Å². The van der Waals surface area contributed by atoms with Crippen molar-refractivity contribution in [2.24, 2.45) is 0 Å². The zero-order valence-electron chi connectivity index (χ0n) is 17.2. The molecule has 2 heterocycles. The maximum atomic E-state index is 12.9. The van der Waals surface area contributed by atoms with Crippen LogP contribution in [0.4, 0.5) is 29.5 Å². The highest BCUT2D eigenvalue weighted by Gasteiger charge is 2.30. The van der Waals surface area contributed by atoms with Crippen molar-refractivity contribution in [3.63, 3.8) is 0 Å². The van der Waals surface area contributed by atoms with Gasteiger partial charge in [0.05, 0.1) is 23.5 Å². The third-order valence-electron chi connectivity index (χ3n) is 4.80. The predicted molar refractivity (Wildman–Crippen MR) is 119 cm³/mol. The maximum Gasteiger partial charge on any atom is 0.416 e. The summed E-state index contributed by atoms with van der Waals surface area (Å²) in [6, 6.07) is 18.3. The number of aromatic nitrogens is 3. The first-order valence-electron chi connectivity index (χ1n) is 9.89. The van der Waals surface area contributed by atoms with Crippen LogP contribution in [0.2, 0.25) is 0 Å². The molecule has 4 rings (SSSR count). The number of amides is 2. The fraction of sp³-hybridized carbons (Fsp3) is 0.0870. The van der Waals surface area contributed by atoms with Gasteiger partial charge in [-0.3, -0.25) is 4.98 Å². The van der Waals surface area contributed by atoms with Crippen LogP contribution in [0.3, 0.4) is 0 Å². The van der Waals surface area contributed by atoms with E-state index < -0.39 is 17.8 Å². The molecule has 168 valence electrons. The zero-order chi connectivity index (χ0) is 23.4. The molecule has 0 unspecified atom stereocenters. The molecule has 7 nitrogen and oxygen atoms in total. The molecule has 0 bridgehead atoms. The van der Waals surface area contributed by atoms with Gasteiger partial charge >= 0.3 is 12.2 Å². The summed E-state index contributed by atoms with van der Waals surface area (Å²) in [5.74, 6) is 0.0709. The highest BCUT2D eigenvalue weighted by atomic mass is 19.4. The number of nitrogens with one attached hydrogen (secondary N) is 2. The lowest BCUT2D eigenvalue weighted by molar-refractivity contribution is -0.137. The number of nitrogen functional groups attached to an aromatic ring is 1. The van der Waals surface area contributed by atoms with Gasteiger partial charge in [0.25, 0.3) is 0 Å². The van der Waals surface area contributed by atoms with Crippen LogP contribution in [0.5, 0.6) is 0 Å². The van der Waals surface area contributed by atoms with Crippen molar-refractivity contribution in [2.75, 3.05) is 11.1 Å². The number of hydrogen-bond donors (Lipinski definition) is 3. The second-order valence-electron chi connectivity index (χ2n) is 7.06. The first kappa shape index (κ1) is 21.9. The van der Waals surface area contributed by atoms with Crippen LogP contribution in [0.15, 0.2) is 79.0 Å². The van der Waals surface area contributed by atoms with Crippen LogP contribution in [0, 0.1) is 0 Å². The number of nitrogens with two attached hydrogens (primary N) is 1. The van der Waals surface area contributed by atoms with Crippen LogP contribution in [-0.2, 0) is 12.7 Å². The molecule has 0 spiro atoms. The molecule has 0 aliphatic rings. The topological polar surface area (TPSA) is 97.9 Å². The number of rotatable bonds is 5. The fourth-order valence-electron chi connectivity index (χ4n) is 3.17. The molecule has 0 fully saturated rings. The van der Waals surface area contributed by atoms with E-state index >= 15 is 0 Å². The van der Waals surface area contributed by atoms with Gasteiger partial charge in [-0.05, 0) is 36.4 Å². The second kappa shape index (κ2) is 9.03. The Morgan fingerprint density at radius 2 is 1.67 bits per heavy atom. The highest BCUT2D eigenvalue weighted by Crippen LogP contribution is 2.35. The summed E-state index contributed by atoms with van der Waals surface area (Å²) in [6.07, 6.45) is -2.84. The van der Waals surface area contributed by atoms with E-state index in [0.717, 1.165) is 12.1 Å². The molecule has 0 aliphatic carbocycles. The monoisotopic (exact) mass is 452 g/mol. The minimum absolute atomic E-state index is 0.0709. The zero-order valence-corrected chi connectivity index (χ0v) is 17.2. The summed E-state index contributed by atoms with van der Waals surface area (Å²) in [4.78, 5) is 16.7. The third kappa shape index (κ3) is 4.95. The average molecular weight is 452 g/mol. The van der Waals surface area contributed by atoms with Crippen molar-refractivity contribution in [1.29, 1.82) is 0 Å². The molecule has 10 heteroatoms. The second-order valence-corrected chi connectivity index (χ2v) is 7.06. The van der Waals surface area contributed by atoms with Gasteiger partial charge in [-0.2, -0.15) is 18.3 Å². The van der Waals surface area contributed by atoms with Gasteiger partial charge < -0.3 is 16.4 Å². The molecule has 2 aromatic carbocycles. The predicted octanol–water partition coefficient (Wildman–Crippen LogP) is 4.86. The van der Waals surface area contributed by atoms with Crippen molar-refractivity contribution < 1.29 is 18.0 Å². The first-order valence-corrected chi connectivity index (χ1v) is 9.89. The Labute approximate surface area is 187 Å². The van der Waals surface area contributed by atoms with E-state index in [4.69, 9.17) is 5.73 Å². The molecule has 4 N–H and O–H groups in total. The number of anilines is 2. The van der Waals surface area contributed by atoms with Crippen LogP contribution in [0.1, 0.15) is 11.3 Å². The Hall–Kier alpha value is -4.34. The number of urea groups is 1. The molecular weight excluding hydrogens is 433 g/mol. The Morgan fingerprint density at radius 1 is 0.970 bits per heavy atom. The standard InChI is InChI=1S/C23H19F3N6O/c24-23(25,26)16-9-11-18(12-10-16)32-21(27)20(19(31-32)15-6-2-1-3-7-15)30-22(33)29-14-17-8-4-5-13-28-17/h1-13H,14,27H2,(H2,29,30,33). The average Bonchev–Trinajstić information content (AvgIpc) is 3.14. The minimum Gasteiger partial charge on any atom is -0.382 e. The Bertz CT molecular complexity index is 1240. The number of pyridine rings is 1. The van der Waals surface area contributed by atoms with E-state index in [2.05, 4.69) is 20.7 Å². The molecule has 2 amide bonds. The van der Waals surface area contributed by atoms with Crippen molar-refractivity contribution in [1.82, 2.24) is 20.1 Å². The van der Waals surface area contributed by atoms with Crippen LogP contribution < -0.4 is 16.4 Å². The van der Waals surface area contributed by atoms with Crippen LogP contribution in [-0.4, -0.2) is 20.8 Å². The minimum atomic E-state index is -4.46. The lowest BCUT2D eigenvalue weighted by atomic mass is 10.1. The molecule has 0 radical (unpaired) electrons. The van der Waals surface area contributed by atoms with Gasteiger partial charge in [-0.1, -0.05) is 36.4 Å². The lowest BCUT2D eigenvalue weighted by Gasteiger charge is -2.10. The molecule has 0 aliphatic heterocycles. The Morgan fingerprint density at radius 3 is 2.30 bits per heavy atom. The number of carbonyl (C=O) groups is 1. The summed E-state index contributed by atoms with van der Waals surface area (Å²) in [5, 5.41) is 9.87. The fourth-order valence-corrected chi connectivity index (χ4v) is 3.17. The lowest BCUT2D eigenvalue weighted by Crippen LogP contribution is -2.29. The molecular formula is C23H19F3N6O. The molecule has 0 saturated carbocycles. The summed E-state index contributed by atoms with van der Waals surface area (Å²) >= 11 is 0. The quantitative estimate of drug-likeness (QED) is 0.403. The normalized spacial score (nSPS) is 11.2. The summed E-state index contributed by atoms with van der Waals surface area (Å²) in [6.45, 7) is 0.195. The summed E-state index contributed by atoms with van der Waals surface area (Å²) in [5.41, 5.74) is 7.77. The number of nitrogens with zero attached hydrogens (tertiary/aromatic N) is 3.